The van der Waals surface area contributed by atoms with Crippen molar-refractivity contribution in [3.8, 4) is 22.6 Å². The molecule has 0 spiro atoms. The SMILES string of the molecule is CC(C)n1nc(-c2noc(C3CC3)c2-c2ccc(CCOCCCC(=O)N3CCC(CN4CCN(c5ccc(N[C@H]6CCC(=O)NC6=O)cc5F)CC4)CC3)cn2)c2c(N)ncnc21. The van der Waals surface area contributed by atoms with E-state index in [-0.39, 0.29) is 36.0 Å². The minimum atomic E-state index is -0.555. The summed E-state index contributed by atoms with van der Waals surface area (Å²) in [6, 6.07) is 8.53. The first-order valence-electron chi connectivity index (χ1n) is 22.8. The van der Waals surface area contributed by atoms with Crippen LogP contribution in [0.5, 0.6) is 0 Å². The number of imide groups is 1. The van der Waals surface area contributed by atoms with Crippen LogP contribution >= 0.6 is 0 Å². The van der Waals surface area contributed by atoms with Crippen LogP contribution in [0.15, 0.2) is 47.4 Å². The number of hydrogen-bond donors (Lipinski definition) is 3. The molecular formula is C46H57FN12O5. The summed E-state index contributed by atoms with van der Waals surface area (Å²) in [4.78, 5) is 56.7. The van der Waals surface area contributed by atoms with Crippen molar-refractivity contribution in [1.82, 2.24) is 45.0 Å². The van der Waals surface area contributed by atoms with Crippen LogP contribution in [0.4, 0.5) is 21.6 Å². The molecule has 0 radical (unpaired) electrons. The molecule has 4 fully saturated rings. The molecule has 1 aliphatic carbocycles. The molecule has 0 bridgehead atoms. The van der Waals surface area contributed by atoms with Crippen LogP contribution in [0.3, 0.4) is 0 Å². The van der Waals surface area contributed by atoms with Crippen molar-refractivity contribution in [2.24, 2.45) is 5.92 Å². The zero-order valence-electron chi connectivity index (χ0n) is 36.6. The number of halogens is 1. The Morgan fingerprint density at radius 2 is 1.80 bits per heavy atom. The van der Waals surface area contributed by atoms with Crippen molar-refractivity contribution in [3.63, 3.8) is 0 Å². The lowest BCUT2D eigenvalue weighted by Gasteiger charge is -2.39. The number of nitrogens with one attached hydrogen (secondary N) is 2. The Morgan fingerprint density at radius 1 is 0.984 bits per heavy atom. The number of nitrogens with zero attached hydrogens (tertiary/aromatic N) is 9. The van der Waals surface area contributed by atoms with Crippen LogP contribution in [0, 0.1) is 11.7 Å². The number of rotatable bonds is 16. The number of nitrogen functional groups attached to an aromatic ring is 1. The van der Waals surface area contributed by atoms with E-state index in [9.17, 15) is 14.4 Å². The number of piperazine rings is 1. The Labute approximate surface area is 371 Å². The van der Waals surface area contributed by atoms with E-state index in [2.05, 4.69) is 41.6 Å². The quantitative estimate of drug-likeness (QED) is 0.0847. The summed E-state index contributed by atoms with van der Waals surface area (Å²) in [5.74, 6) is 1.17. The van der Waals surface area contributed by atoms with Gasteiger partial charge in [0.15, 0.2) is 5.65 Å². The second-order valence-corrected chi connectivity index (χ2v) is 17.8. The lowest BCUT2D eigenvalue weighted by molar-refractivity contribution is -0.134. The average molecular weight is 877 g/mol. The Hall–Kier alpha value is -6.01. The van der Waals surface area contributed by atoms with Crippen molar-refractivity contribution in [3.05, 3.63) is 60.0 Å². The summed E-state index contributed by atoms with van der Waals surface area (Å²) < 4.78 is 28.9. The number of benzene rings is 1. The van der Waals surface area contributed by atoms with E-state index in [1.54, 1.807) is 12.1 Å². The molecule has 5 aromatic rings. The lowest BCUT2D eigenvalue weighted by atomic mass is 9.95. The fourth-order valence-corrected chi connectivity index (χ4v) is 9.14. The first-order valence-corrected chi connectivity index (χ1v) is 22.8. The fourth-order valence-electron chi connectivity index (χ4n) is 9.14. The van der Waals surface area contributed by atoms with Crippen molar-refractivity contribution >= 4 is 45.9 Å². The number of pyridine rings is 1. The Balaban J connectivity index is 0.679. The van der Waals surface area contributed by atoms with Crippen LogP contribution in [0.1, 0.15) is 88.5 Å². The van der Waals surface area contributed by atoms with Gasteiger partial charge in [-0.05, 0) is 94.5 Å². The van der Waals surface area contributed by atoms with Gasteiger partial charge in [-0.2, -0.15) is 5.10 Å². The molecule has 4 N–H and O–H groups in total. The smallest absolute Gasteiger partial charge is 0.249 e. The third kappa shape index (κ3) is 9.57. The molecule has 17 nitrogen and oxygen atoms in total. The second-order valence-electron chi connectivity index (χ2n) is 17.8. The van der Waals surface area contributed by atoms with Gasteiger partial charge < -0.3 is 30.1 Å². The summed E-state index contributed by atoms with van der Waals surface area (Å²) in [6.45, 7) is 10.8. The van der Waals surface area contributed by atoms with Gasteiger partial charge in [0, 0.05) is 89.1 Å². The van der Waals surface area contributed by atoms with Gasteiger partial charge >= 0.3 is 0 Å². The van der Waals surface area contributed by atoms with Crippen LogP contribution in [0.25, 0.3) is 33.7 Å². The van der Waals surface area contributed by atoms with Gasteiger partial charge in [-0.25, -0.2) is 19.0 Å². The molecule has 1 aromatic carbocycles. The predicted molar refractivity (Wildman–Crippen MR) is 239 cm³/mol. The average Bonchev–Trinajstić information content (AvgIpc) is 3.92. The standard InChI is InChI=1S/C46H57FN12O5/c1-28(2)59-45-40(44(48)50-27-51-45)41(54-59)42-39(43(64-55-42)31-6-7-31)34-9-5-29(25-49-34)15-23-63-22-3-4-38(61)58-16-13-30(14-17-58)26-56-18-20-57(21-19-56)36-11-8-32(24-33(36)47)52-35-10-12-37(60)53-46(35)62/h5,8-9,11,24-25,27-28,30-31,35,52H,3-4,6-7,10,12-23,26H2,1-2H3,(H2,48,50,51)(H,53,60,62)/t35-/m0/s1. The van der Waals surface area contributed by atoms with Crippen molar-refractivity contribution in [2.45, 2.75) is 89.6 Å². The zero-order valence-corrected chi connectivity index (χ0v) is 36.6. The van der Waals surface area contributed by atoms with E-state index in [1.165, 1.54) is 12.4 Å². The highest BCUT2D eigenvalue weighted by molar-refractivity contribution is 6.02. The van der Waals surface area contributed by atoms with Crippen molar-refractivity contribution in [2.75, 3.05) is 75.0 Å². The molecule has 338 valence electrons. The molecule has 7 heterocycles. The van der Waals surface area contributed by atoms with Gasteiger partial charge in [0.05, 0.1) is 28.9 Å². The van der Waals surface area contributed by atoms with E-state index < -0.39 is 6.04 Å². The van der Waals surface area contributed by atoms with Crippen LogP contribution in [-0.2, 0) is 25.5 Å². The maximum atomic E-state index is 15.2. The molecule has 4 aliphatic rings. The number of piperidine rings is 2. The van der Waals surface area contributed by atoms with E-state index in [1.807, 2.05) is 35.7 Å². The summed E-state index contributed by atoms with van der Waals surface area (Å²) in [7, 11) is 0. The molecule has 64 heavy (non-hydrogen) atoms. The fraction of sp³-hybridized carbons (Fsp3) is 0.522. The van der Waals surface area contributed by atoms with Gasteiger partial charge in [-0.15, -0.1) is 0 Å². The normalized spacial score (nSPS) is 18.9. The minimum absolute atomic E-state index is 0.0501. The molecule has 3 saturated heterocycles. The number of carbonyl (C=O) groups excluding carboxylic acids is 3. The van der Waals surface area contributed by atoms with Gasteiger partial charge in [0.25, 0.3) is 0 Å². The second kappa shape index (κ2) is 19.0. The summed E-state index contributed by atoms with van der Waals surface area (Å²) >= 11 is 0. The van der Waals surface area contributed by atoms with Crippen LogP contribution in [-0.4, -0.2) is 122 Å². The van der Waals surface area contributed by atoms with Gasteiger partial charge in [-0.1, -0.05) is 11.2 Å². The Bertz CT molecular complexity index is 2470. The molecule has 1 saturated carbocycles. The van der Waals surface area contributed by atoms with E-state index in [0.717, 1.165) is 94.1 Å². The number of carbonyl (C=O) groups is 3. The number of anilines is 3. The first kappa shape index (κ1) is 43.3. The number of ether oxygens (including phenoxy) is 1. The Kier molecular flexibility index (Phi) is 12.8. The van der Waals surface area contributed by atoms with Crippen molar-refractivity contribution in [1.29, 1.82) is 0 Å². The number of likely N-dealkylation sites (tertiary alicyclic amines) is 1. The Morgan fingerprint density at radius 3 is 2.52 bits per heavy atom. The summed E-state index contributed by atoms with van der Waals surface area (Å²) in [5.41, 5.74) is 11.9. The molecule has 3 aliphatic heterocycles. The largest absolute Gasteiger partial charge is 0.383 e. The molecule has 3 amide bonds. The number of fused-ring (bicyclic) bond motifs is 1. The monoisotopic (exact) mass is 876 g/mol. The molecule has 0 unspecified atom stereocenters. The van der Waals surface area contributed by atoms with E-state index in [0.29, 0.717) is 90.3 Å². The van der Waals surface area contributed by atoms with Crippen LogP contribution in [0.2, 0.25) is 0 Å². The third-order valence-corrected chi connectivity index (χ3v) is 12.9. The van der Waals surface area contributed by atoms with E-state index >= 15 is 4.39 Å². The molecule has 18 heteroatoms. The van der Waals surface area contributed by atoms with Gasteiger partial charge in [-0.3, -0.25) is 29.6 Å². The van der Waals surface area contributed by atoms with Crippen LogP contribution < -0.4 is 21.3 Å². The zero-order chi connectivity index (χ0) is 44.3. The molecule has 4 aromatic heterocycles. The molecular weight excluding hydrogens is 820 g/mol. The third-order valence-electron chi connectivity index (χ3n) is 12.9. The van der Waals surface area contributed by atoms with Gasteiger partial charge in [0.1, 0.15) is 41.2 Å². The molecule has 1 atom stereocenters. The topological polar surface area (TPSA) is 203 Å². The maximum Gasteiger partial charge on any atom is 0.249 e. The number of nitrogens with two attached hydrogens (primary N) is 1. The summed E-state index contributed by atoms with van der Waals surface area (Å²) in [5, 5.41) is 15.4. The lowest BCUT2D eigenvalue weighted by Crippen LogP contribution is -2.49. The maximum absolute atomic E-state index is 15.2. The first-order chi connectivity index (χ1) is 31.1. The summed E-state index contributed by atoms with van der Waals surface area (Å²) in [6.07, 6.45) is 9.85. The number of hydrogen-bond acceptors (Lipinski definition) is 14. The van der Waals surface area contributed by atoms with Crippen molar-refractivity contribution < 1.29 is 28.0 Å². The minimum Gasteiger partial charge on any atom is -0.383 e. The predicted octanol–water partition coefficient (Wildman–Crippen LogP) is 5.34. The van der Waals surface area contributed by atoms with Gasteiger partial charge in [0.2, 0.25) is 17.7 Å². The van der Waals surface area contributed by atoms with E-state index in [4.69, 9.17) is 25.1 Å². The number of amides is 3. The highest BCUT2D eigenvalue weighted by Crippen LogP contribution is 2.48. The highest BCUT2D eigenvalue weighted by Gasteiger charge is 2.36. The molecule has 9 rings (SSSR count). The highest BCUT2D eigenvalue weighted by atomic mass is 19.1. The number of aromatic nitrogens is 6.